The fourth-order valence-electron chi connectivity index (χ4n) is 2.04. The minimum absolute atomic E-state index is 0.122. The Balaban J connectivity index is 1.88. The minimum Gasteiger partial charge on any atom is -0.505 e. The molecule has 0 radical (unpaired) electrons. The number of fused-ring (bicyclic) bond motifs is 1. The van der Waals surface area contributed by atoms with Crippen LogP contribution < -0.4 is 10.1 Å². The number of aliphatic carboxylic acids is 1. The predicted octanol–water partition coefficient (Wildman–Crippen LogP) is 2.14. The van der Waals surface area contributed by atoms with Crippen molar-refractivity contribution in [3.63, 3.8) is 0 Å². The highest BCUT2D eigenvalue weighted by Crippen LogP contribution is 2.34. The molecule has 0 unspecified atom stereocenters. The summed E-state index contributed by atoms with van der Waals surface area (Å²) in [5, 5.41) is 21.1. The van der Waals surface area contributed by atoms with Gasteiger partial charge in [-0.3, -0.25) is 9.59 Å². The number of furan rings is 1. The molecule has 24 heavy (non-hydrogen) atoms. The number of para-hydroxylation sites is 1. The highest BCUT2D eigenvalue weighted by Gasteiger charge is 2.19. The lowest BCUT2D eigenvalue weighted by Gasteiger charge is -2.03. The quantitative estimate of drug-likeness (QED) is 0.656. The second-order valence-electron chi connectivity index (χ2n) is 4.79. The van der Waals surface area contributed by atoms with E-state index in [1.165, 1.54) is 12.3 Å². The van der Waals surface area contributed by atoms with Gasteiger partial charge >= 0.3 is 5.97 Å². The van der Waals surface area contributed by atoms with E-state index in [2.05, 4.69) is 10.3 Å². The molecule has 2 heterocycles. The molecule has 3 N–H and O–H groups in total. The first kappa shape index (κ1) is 15.3. The van der Waals surface area contributed by atoms with Crippen LogP contribution in [-0.4, -0.2) is 33.6 Å². The predicted molar refractivity (Wildman–Crippen MR) is 82.2 cm³/mol. The molecule has 1 amide bonds. The molecule has 0 spiro atoms. The first-order chi connectivity index (χ1) is 11.5. The minimum atomic E-state index is -1.20. The van der Waals surface area contributed by atoms with Gasteiger partial charge in [0.05, 0.1) is 11.6 Å². The van der Waals surface area contributed by atoms with Crippen LogP contribution in [0, 0.1) is 0 Å². The Hall–Kier alpha value is -3.55. The number of hydrogen-bond acceptors (Lipinski definition) is 6. The van der Waals surface area contributed by atoms with E-state index in [1.54, 1.807) is 24.3 Å². The summed E-state index contributed by atoms with van der Waals surface area (Å²) in [6.07, 6.45) is 1.25. The maximum atomic E-state index is 11.9. The molecule has 0 saturated heterocycles. The zero-order chi connectivity index (χ0) is 17.1. The third-order valence-electron chi connectivity index (χ3n) is 3.11. The van der Waals surface area contributed by atoms with Crippen molar-refractivity contribution in [3.05, 3.63) is 48.3 Å². The molecular weight excluding hydrogens is 316 g/mol. The summed E-state index contributed by atoms with van der Waals surface area (Å²) in [6, 6.07) is 10.3. The molecule has 0 aliphatic carbocycles. The van der Waals surface area contributed by atoms with Crippen LogP contribution in [0.15, 0.2) is 47.0 Å². The van der Waals surface area contributed by atoms with E-state index in [0.717, 1.165) is 0 Å². The summed E-state index contributed by atoms with van der Waals surface area (Å²) in [7, 11) is 0. The van der Waals surface area contributed by atoms with E-state index in [4.69, 9.17) is 14.3 Å². The average Bonchev–Trinajstić information content (AvgIpc) is 2.97. The molecule has 0 bridgehead atoms. The van der Waals surface area contributed by atoms with E-state index >= 15 is 0 Å². The molecule has 3 rings (SSSR count). The van der Waals surface area contributed by atoms with Crippen LogP contribution in [0.2, 0.25) is 0 Å². The number of benzene rings is 1. The van der Waals surface area contributed by atoms with Gasteiger partial charge in [0.25, 0.3) is 11.9 Å². The first-order valence-corrected chi connectivity index (χ1v) is 6.89. The van der Waals surface area contributed by atoms with Crippen LogP contribution in [0.1, 0.15) is 10.5 Å². The molecule has 0 saturated carbocycles. The summed E-state index contributed by atoms with van der Waals surface area (Å²) in [4.78, 5) is 26.1. The third-order valence-corrected chi connectivity index (χ3v) is 3.11. The van der Waals surface area contributed by atoms with E-state index in [9.17, 15) is 14.7 Å². The SMILES string of the molecule is O=C(O)CNC(=O)c1ncc2oc(Oc3ccccc3)cc2c1O. The number of carbonyl (C=O) groups excluding carboxylic acids is 1. The van der Waals surface area contributed by atoms with E-state index < -0.39 is 24.2 Å². The normalized spacial score (nSPS) is 10.5. The summed E-state index contributed by atoms with van der Waals surface area (Å²) < 4.78 is 10.9. The molecule has 3 aromatic rings. The van der Waals surface area contributed by atoms with Gasteiger partial charge in [0.15, 0.2) is 17.0 Å². The number of pyridine rings is 1. The largest absolute Gasteiger partial charge is 0.505 e. The van der Waals surface area contributed by atoms with Crippen molar-refractivity contribution in [2.24, 2.45) is 0 Å². The smallest absolute Gasteiger partial charge is 0.322 e. The van der Waals surface area contributed by atoms with Crippen molar-refractivity contribution in [3.8, 4) is 17.4 Å². The molecule has 0 aliphatic heterocycles. The maximum absolute atomic E-state index is 11.9. The Morgan fingerprint density at radius 1 is 1.25 bits per heavy atom. The zero-order valence-electron chi connectivity index (χ0n) is 12.2. The standard InChI is InChI=1S/C16H12N2O6/c19-12(20)8-18-16(22)14-15(21)10-6-13(24-11(10)7-17-14)23-9-4-2-1-3-5-9/h1-7,21H,8H2,(H,18,22)(H,19,20). The number of aromatic hydroxyl groups is 1. The number of hydrogen-bond donors (Lipinski definition) is 3. The van der Waals surface area contributed by atoms with Crippen molar-refractivity contribution < 1.29 is 29.0 Å². The second kappa shape index (κ2) is 6.29. The number of ether oxygens (including phenoxy) is 1. The number of aromatic nitrogens is 1. The Kier molecular flexibility index (Phi) is 4.02. The number of carbonyl (C=O) groups is 2. The topological polar surface area (TPSA) is 122 Å². The van der Waals surface area contributed by atoms with Crippen molar-refractivity contribution in [2.75, 3.05) is 6.54 Å². The molecule has 0 aliphatic rings. The Labute approximate surface area is 135 Å². The lowest BCUT2D eigenvalue weighted by atomic mass is 10.2. The number of nitrogens with zero attached hydrogens (tertiary/aromatic N) is 1. The number of carboxylic acids is 1. The molecule has 2 aromatic heterocycles. The molecule has 8 heteroatoms. The molecule has 122 valence electrons. The Bertz CT molecular complexity index is 904. The van der Waals surface area contributed by atoms with Crippen molar-refractivity contribution in [1.82, 2.24) is 10.3 Å². The number of carboxylic acid groups (broad SMARTS) is 1. The lowest BCUT2D eigenvalue weighted by Crippen LogP contribution is -2.29. The highest BCUT2D eigenvalue weighted by molar-refractivity contribution is 6.01. The van der Waals surface area contributed by atoms with Crippen LogP contribution in [0.5, 0.6) is 17.4 Å². The summed E-state index contributed by atoms with van der Waals surface area (Å²) in [5.74, 6) is -1.75. The Morgan fingerprint density at radius 3 is 2.71 bits per heavy atom. The van der Waals surface area contributed by atoms with Gasteiger partial charge in [-0.1, -0.05) is 18.2 Å². The summed E-state index contributed by atoms with van der Waals surface area (Å²) >= 11 is 0. The number of rotatable bonds is 5. The number of amides is 1. The maximum Gasteiger partial charge on any atom is 0.322 e. The van der Waals surface area contributed by atoms with Crippen molar-refractivity contribution >= 4 is 22.8 Å². The van der Waals surface area contributed by atoms with Crippen LogP contribution in [0.4, 0.5) is 0 Å². The molecular formula is C16H12N2O6. The van der Waals surface area contributed by atoms with Crippen molar-refractivity contribution in [2.45, 2.75) is 0 Å². The van der Waals surface area contributed by atoms with Gasteiger partial charge in [-0.25, -0.2) is 4.98 Å². The average molecular weight is 328 g/mol. The van der Waals surface area contributed by atoms with Gasteiger partial charge in [0.2, 0.25) is 0 Å². The molecule has 0 fully saturated rings. The second-order valence-corrected chi connectivity index (χ2v) is 4.79. The fraction of sp³-hybridized carbons (Fsp3) is 0.0625. The van der Waals surface area contributed by atoms with Gasteiger partial charge in [0.1, 0.15) is 12.3 Å². The highest BCUT2D eigenvalue weighted by atomic mass is 16.6. The Morgan fingerprint density at radius 2 is 2.00 bits per heavy atom. The zero-order valence-corrected chi connectivity index (χ0v) is 12.2. The van der Waals surface area contributed by atoms with E-state index in [0.29, 0.717) is 5.75 Å². The van der Waals surface area contributed by atoms with Crippen LogP contribution in [0.25, 0.3) is 11.0 Å². The lowest BCUT2D eigenvalue weighted by molar-refractivity contribution is -0.135. The van der Waals surface area contributed by atoms with E-state index in [-0.39, 0.29) is 22.6 Å². The van der Waals surface area contributed by atoms with Crippen LogP contribution >= 0.6 is 0 Å². The van der Waals surface area contributed by atoms with Gasteiger partial charge in [0, 0.05) is 6.07 Å². The molecule has 8 nitrogen and oxygen atoms in total. The van der Waals surface area contributed by atoms with Gasteiger partial charge in [-0.15, -0.1) is 0 Å². The summed E-state index contributed by atoms with van der Waals surface area (Å²) in [6.45, 7) is -0.578. The molecule has 1 aromatic carbocycles. The van der Waals surface area contributed by atoms with Crippen LogP contribution in [-0.2, 0) is 4.79 Å². The number of nitrogens with one attached hydrogen (secondary N) is 1. The third kappa shape index (κ3) is 3.12. The van der Waals surface area contributed by atoms with Gasteiger partial charge in [-0.05, 0) is 12.1 Å². The van der Waals surface area contributed by atoms with Gasteiger partial charge in [-0.2, -0.15) is 0 Å². The molecule has 0 atom stereocenters. The van der Waals surface area contributed by atoms with Crippen LogP contribution in [0.3, 0.4) is 0 Å². The summed E-state index contributed by atoms with van der Waals surface area (Å²) in [5.41, 5.74) is -0.0657. The van der Waals surface area contributed by atoms with Crippen molar-refractivity contribution in [1.29, 1.82) is 0 Å². The monoisotopic (exact) mass is 328 g/mol. The first-order valence-electron chi connectivity index (χ1n) is 6.89. The fourth-order valence-corrected chi connectivity index (χ4v) is 2.04. The van der Waals surface area contributed by atoms with Gasteiger partial charge < -0.3 is 24.7 Å². The van der Waals surface area contributed by atoms with E-state index in [1.807, 2.05) is 6.07 Å².